The average Bonchev–Trinajstić information content (AvgIpc) is 3.21. The predicted octanol–water partition coefficient (Wildman–Crippen LogP) is 3.27. The van der Waals surface area contributed by atoms with Crippen molar-refractivity contribution in [1.29, 1.82) is 0 Å². The topological polar surface area (TPSA) is 59.3 Å². The minimum absolute atomic E-state index is 0.143. The molecule has 130 valence electrons. The van der Waals surface area contributed by atoms with Crippen LogP contribution in [0.2, 0.25) is 0 Å². The van der Waals surface area contributed by atoms with Crippen LogP contribution >= 0.6 is 0 Å². The van der Waals surface area contributed by atoms with Crippen molar-refractivity contribution in [3.63, 3.8) is 0 Å². The smallest absolute Gasteiger partial charge is 0.118 e. The standard InChI is InChI=1S/C20H23N3O2/c1-15(16-3-7-18(8-4-16)23-12-11-21-14-23)22-13-20(24)17-5-9-19(25-2)10-6-17/h3-12,14-15,20,22,24H,13H2,1-2H3. The van der Waals surface area contributed by atoms with Gasteiger partial charge in [0.15, 0.2) is 0 Å². The first-order valence-corrected chi connectivity index (χ1v) is 8.31. The van der Waals surface area contributed by atoms with Crippen LogP contribution in [0.4, 0.5) is 0 Å². The lowest BCUT2D eigenvalue weighted by Gasteiger charge is -2.18. The van der Waals surface area contributed by atoms with Crippen LogP contribution in [0, 0.1) is 0 Å². The Labute approximate surface area is 147 Å². The number of rotatable bonds is 7. The van der Waals surface area contributed by atoms with Crippen LogP contribution < -0.4 is 10.1 Å². The maximum atomic E-state index is 10.3. The molecule has 0 aliphatic heterocycles. The van der Waals surface area contributed by atoms with E-state index < -0.39 is 6.10 Å². The number of aliphatic hydroxyl groups excluding tert-OH is 1. The van der Waals surface area contributed by atoms with Crippen molar-refractivity contribution < 1.29 is 9.84 Å². The molecule has 2 aromatic carbocycles. The van der Waals surface area contributed by atoms with Gasteiger partial charge in [0, 0.05) is 30.7 Å². The van der Waals surface area contributed by atoms with Crippen molar-refractivity contribution in [2.24, 2.45) is 0 Å². The summed E-state index contributed by atoms with van der Waals surface area (Å²) in [6.07, 6.45) is 4.90. The van der Waals surface area contributed by atoms with Crippen molar-refractivity contribution in [2.75, 3.05) is 13.7 Å². The lowest BCUT2D eigenvalue weighted by Crippen LogP contribution is -2.24. The zero-order valence-corrected chi connectivity index (χ0v) is 14.5. The lowest BCUT2D eigenvalue weighted by molar-refractivity contribution is 0.170. The molecule has 0 saturated carbocycles. The highest BCUT2D eigenvalue weighted by atomic mass is 16.5. The summed E-state index contributed by atoms with van der Waals surface area (Å²) < 4.78 is 7.11. The molecule has 2 unspecified atom stereocenters. The fraction of sp³-hybridized carbons (Fsp3) is 0.250. The molecule has 1 aromatic heterocycles. The van der Waals surface area contributed by atoms with Gasteiger partial charge in [0.2, 0.25) is 0 Å². The Balaban J connectivity index is 1.57. The van der Waals surface area contributed by atoms with Gasteiger partial charge in [-0.2, -0.15) is 0 Å². The van der Waals surface area contributed by atoms with Crippen molar-refractivity contribution >= 4 is 0 Å². The number of benzene rings is 2. The summed E-state index contributed by atoms with van der Waals surface area (Å²) in [7, 11) is 1.63. The van der Waals surface area contributed by atoms with Crippen LogP contribution in [0.25, 0.3) is 5.69 Å². The molecule has 5 heteroatoms. The average molecular weight is 337 g/mol. The molecule has 0 bridgehead atoms. The van der Waals surface area contributed by atoms with E-state index in [2.05, 4.69) is 41.5 Å². The minimum Gasteiger partial charge on any atom is -0.497 e. The van der Waals surface area contributed by atoms with Crippen molar-refractivity contribution in [3.8, 4) is 11.4 Å². The van der Waals surface area contributed by atoms with E-state index in [1.54, 1.807) is 19.6 Å². The largest absolute Gasteiger partial charge is 0.497 e. The summed E-state index contributed by atoms with van der Waals surface area (Å²) in [6, 6.07) is 15.9. The first-order chi connectivity index (χ1) is 12.2. The predicted molar refractivity (Wildman–Crippen MR) is 97.9 cm³/mol. The highest BCUT2D eigenvalue weighted by molar-refractivity contribution is 5.35. The van der Waals surface area contributed by atoms with Crippen molar-refractivity contribution in [3.05, 3.63) is 78.4 Å². The van der Waals surface area contributed by atoms with Gasteiger partial charge >= 0.3 is 0 Å². The van der Waals surface area contributed by atoms with Gasteiger partial charge in [0.1, 0.15) is 5.75 Å². The van der Waals surface area contributed by atoms with E-state index in [1.807, 2.05) is 35.0 Å². The van der Waals surface area contributed by atoms with E-state index in [4.69, 9.17) is 4.74 Å². The summed E-state index contributed by atoms with van der Waals surface area (Å²) in [5.41, 5.74) is 3.12. The third-order valence-corrected chi connectivity index (χ3v) is 4.31. The van der Waals surface area contributed by atoms with E-state index >= 15 is 0 Å². The monoisotopic (exact) mass is 337 g/mol. The summed E-state index contributed by atoms with van der Waals surface area (Å²) in [5, 5.41) is 13.7. The normalized spacial score (nSPS) is 13.4. The SMILES string of the molecule is COc1ccc(C(O)CNC(C)c2ccc(-n3ccnc3)cc2)cc1. The molecule has 0 aliphatic rings. The summed E-state index contributed by atoms with van der Waals surface area (Å²) in [5.74, 6) is 0.787. The third kappa shape index (κ3) is 4.26. The van der Waals surface area contributed by atoms with Gasteiger partial charge in [-0.1, -0.05) is 24.3 Å². The molecule has 2 atom stereocenters. The van der Waals surface area contributed by atoms with Crippen molar-refractivity contribution in [1.82, 2.24) is 14.9 Å². The van der Waals surface area contributed by atoms with Crippen LogP contribution in [-0.2, 0) is 0 Å². The Bertz CT molecular complexity index is 768. The number of nitrogens with zero attached hydrogens (tertiary/aromatic N) is 2. The first kappa shape index (κ1) is 17.2. The summed E-state index contributed by atoms with van der Waals surface area (Å²) in [4.78, 5) is 4.06. The molecule has 0 saturated heterocycles. The number of methoxy groups -OCH3 is 1. The Morgan fingerprint density at radius 2 is 1.76 bits per heavy atom. The van der Waals surface area contributed by atoms with Crippen LogP contribution in [0.1, 0.15) is 30.2 Å². The molecule has 2 N–H and O–H groups in total. The van der Waals surface area contributed by atoms with Gasteiger partial charge in [-0.3, -0.25) is 0 Å². The number of aliphatic hydroxyl groups is 1. The molecule has 1 heterocycles. The summed E-state index contributed by atoms with van der Waals surface area (Å²) in [6.45, 7) is 2.57. The first-order valence-electron chi connectivity index (χ1n) is 8.31. The third-order valence-electron chi connectivity index (χ3n) is 4.31. The second kappa shape index (κ2) is 7.96. The Kier molecular flexibility index (Phi) is 5.48. The Hall–Kier alpha value is -2.63. The van der Waals surface area contributed by atoms with Crippen LogP contribution in [0.5, 0.6) is 5.75 Å². The fourth-order valence-electron chi connectivity index (χ4n) is 2.70. The highest BCUT2D eigenvalue weighted by Gasteiger charge is 2.11. The van der Waals surface area contributed by atoms with E-state index in [-0.39, 0.29) is 6.04 Å². The van der Waals surface area contributed by atoms with Crippen LogP contribution in [0.3, 0.4) is 0 Å². The van der Waals surface area contributed by atoms with E-state index in [0.29, 0.717) is 6.54 Å². The molecular formula is C20H23N3O2. The molecular weight excluding hydrogens is 314 g/mol. The number of hydrogen-bond donors (Lipinski definition) is 2. The summed E-state index contributed by atoms with van der Waals surface area (Å²) >= 11 is 0. The second-order valence-corrected chi connectivity index (χ2v) is 5.98. The number of imidazole rings is 1. The lowest BCUT2D eigenvalue weighted by atomic mass is 10.1. The van der Waals surface area contributed by atoms with Gasteiger partial charge in [0.05, 0.1) is 19.5 Å². The van der Waals surface area contributed by atoms with E-state index in [9.17, 15) is 5.11 Å². The number of ether oxygens (including phenoxy) is 1. The molecule has 0 aliphatic carbocycles. The van der Waals surface area contributed by atoms with Gasteiger partial charge in [0.25, 0.3) is 0 Å². The Morgan fingerprint density at radius 3 is 2.36 bits per heavy atom. The van der Waals surface area contributed by atoms with Gasteiger partial charge in [-0.15, -0.1) is 0 Å². The highest BCUT2D eigenvalue weighted by Crippen LogP contribution is 2.19. The molecule has 0 fully saturated rings. The van der Waals surface area contributed by atoms with Crippen molar-refractivity contribution in [2.45, 2.75) is 19.1 Å². The Morgan fingerprint density at radius 1 is 1.08 bits per heavy atom. The molecule has 25 heavy (non-hydrogen) atoms. The number of aromatic nitrogens is 2. The van der Waals surface area contributed by atoms with E-state index in [0.717, 1.165) is 17.0 Å². The van der Waals surface area contributed by atoms with Crippen LogP contribution in [-0.4, -0.2) is 28.3 Å². The maximum Gasteiger partial charge on any atom is 0.118 e. The molecule has 0 radical (unpaired) electrons. The fourth-order valence-corrected chi connectivity index (χ4v) is 2.70. The quantitative estimate of drug-likeness (QED) is 0.695. The molecule has 0 spiro atoms. The minimum atomic E-state index is -0.557. The maximum absolute atomic E-state index is 10.3. The van der Waals surface area contributed by atoms with E-state index in [1.165, 1.54) is 5.56 Å². The molecule has 3 aromatic rings. The number of nitrogens with one attached hydrogen (secondary N) is 1. The zero-order valence-electron chi connectivity index (χ0n) is 14.5. The van der Waals surface area contributed by atoms with Gasteiger partial charge in [-0.25, -0.2) is 4.98 Å². The van der Waals surface area contributed by atoms with Gasteiger partial charge in [-0.05, 0) is 42.3 Å². The molecule has 0 amide bonds. The number of hydrogen-bond acceptors (Lipinski definition) is 4. The zero-order chi connectivity index (χ0) is 17.6. The van der Waals surface area contributed by atoms with Gasteiger partial charge < -0.3 is 19.7 Å². The van der Waals surface area contributed by atoms with Crippen LogP contribution in [0.15, 0.2) is 67.3 Å². The second-order valence-electron chi connectivity index (χ2n) is 5.98. The molecule has 5 nitrogen and oxygen atoms in total. The molecule has 3 rings (SSSR count).